The number of rotatable bonds is 14. The monoisotopic (exact) mass is 438 g/mol. The molecule has 13 heteroatoms. The standard InChI is InChI=1S/C15H26N4O7S2/c1-28-5-4-9(17-11(20)6-16)14(24)18-8(2-3-12(21)22)13(23)19-10(7-27)15(25)26/h8-10,27H,2-7,16H2,1H3,(H,17,20)(H,18,24)(H,19,23)(H,21,22)(H,25,26). The first-order valence-electron chi connectivity index (χ1n) is 8.30. The van der Waals surface area contributed by atoms with E-state index in [0.717, 1.165) is 0 Å². The lowest BCUT2D eigenvalue weighted by atomic mass is 10.1. The summed E-state index contributed by atoms with van der Waals surface area (Å²) in [6.07, 6.45) is 1.39. The molecule has 0 fully saturated rings. The summed E-state index contributed by atoms with van der Waals surface area (Å²) in [5, 5.41) is 24.9. The summed E-state index contributed by atoms with van der Waals surface area (Å²) in [4.78, 5) is 58.3. The second-order valence-corrected chi connectivity index (χ2v) is 7.03. The van der Waals surface area contributed by atoms with Gasteiger partial charge in [-0.15, -0.1) is 0 Å². The van der Waals surface area contributed by atoms with Crippen LogP contribution in [0.15, 0.2) is 0 Å². The number of carboxylic acid groups (broad SMARTS) is 2. The van der Waals surface area contributed by atoms with Crippen molar-refractivity contribution >= 4 is 54.1 Å². The minimum absolute atomic E-state index is 0.191. The number of nitrogens with two attached hydrogens (primary N) is 1. The van der Waals surface area contributed by atoms with Gasteiger partial charge in [-0.2, -0.15) is 24.4 Å². The first-order valence-corrected chi connectivity index (χ1v) is 10.3. The fraction of sp³-hybridized carbons (Fsp3) is 0.667. The Morgan fingerprint density at radius 1 is 0.964 bits per heavy atom. The van der Waals surface area contributed by atoms with Gasteiger partial charge in [0.05, 0.1) is 6.54 Å². The molecule has 160 valence electrons. The molecule has 11 nitrogen and oxygen atoms in total. The Balaban J connectivity index is 5.26. The maximum Gasteiger partial charge on any atom is 0.327 e. The maximum absolute atomic E-state index is 12.5. The molecule has 0 aliphatic heterocycles. The molecule has 3 unspecified atom stereocenters. The highest BCUT2D eigenvalue weighted by atomic mass is 32.2. The lowest BCUT2D eigenvalue weighted by Crippen LogP contribution is -2.56. The molecule has 0 aromatic heterocycles. The zero-order valence-electron chi connectivity index (χ0n) is 15.3. The van der Waals surface area contributed by atoms with Gasteiger partial charge in [0.2, 0.25) is 17.7 Å². The molecular formula is C15H26N4O7S2. The van der Waals surface area contributed by atoms with Gasteiger partial charge in [0.25, 0.3) is 0 Å². The molecule has 0 radical (unpaired) electrons. The Morgan fingerprint density at radius 2 is 1.50 bits per heavy atom. The van der Waals surface area contributed by atoms with Crippen molar-refractivity contribution in [2.75, 3.05) is 24.3 Å². The summed E-state index contributed by atoms with van der Waals surface area (Å²) < 4.78 is 0. The highest BCUT2D eigenvalue weighted by Crippen LogP contribution is 2.05. The number of aliphatic carboxylic acids is 2. The van der Waals surface area contributed by atoms with Crippen LogP contribution in [0, 0.1) is 0 Å². The van der Waals surface area contributed by atoms with Gasteiger partial charge in [-0.05, 0) is 24.9 Å². The van der Waals surface area contributed by atoms with Crippen molar-refractivity contribution in [3.63, 3.8) is 0 Å². The summed E-state index contributed by atoms with van der Waals surface area (Å²) >= 11 is 5.28. The van der Waals surface area contributed by atoms with E-state index in [-0.39, 0.29) is 25.1 Å². The van der Waals surface area contributed by atoms with E-state index in [4.69, 9.17) is 15.9 Å². The third-order valence-corrected chi connectivity index (χ3v) is 4.53. The molecule has 0 saturated heterocycles. The topological polar surface area (TPSA) is 188 Å². The fourth-order valence-electron chi connectivity index (χ4n) is 2.02. The Hall–Kier alpha value is -1.99. The number of carboxylic acids is 2. The molecule has 0 aliphatic rings. The third kappa shape index (κ3) is 10.4. The number of thioether (sulfide) groups is 1. The van der Waals surface area contributed by atoms with Crippen molar-refractivity contribution in [3.8, 4) is 0 Å². The van der Waals surface area contributed by atoms with Crippen molar-refractivity contribution in [2.45, 2.75) is 37.4 Å². The highest BCUT2D eigenvalue weighted by molar-refractivity contribution is 7.98. The van der Waals surface area contributed by atoms with Gasteiger partial charge in [-0.1, -0.05) is 0 Å². The quantitative estimate of drug-likeness (QED) is 0.151. The van der Waals surface area contributed by atoms with E-state index >= 15 is 0 Å². The number of thiol groups is 1. The largest absolute Gasteiger partial charge is 0.481 e. The number of carbonyl (C=O) groups is 5. The molecule has 28 heavy (non-hydrogen) atoms. The SMILES string of the molecule is CSCCC(NC(=O)CN)C(=O)NC(CCC(=O)O)C(=O)NC(CS)C(=O)O. The molecular weight excluding hydrogens is 412 g/mol. The lowest BCUT2D eigenvalue weighted by molar-refractivity contribution is -0.142. The predicted octanol–water partition coefficient (Wildman–Crippen LogP) is -1.97. The molecule has 0 spiro atoms. The summed E-state index contributed by atoms with van der Waals surface area (Å²) in [5.74, 6) is -4.27. The van der Waals surface area contributed by atoms with Gasteiger partial charge in [-0.3, -0.25) is 19.2 Å². The van der Waals surface area contributed by atoms with E-state index in [1.807, 2.05) is 6.26 Å². The average molecular weight is 439 g/mol. The first kappa shape index (κ1) is 26.0. The van der Waals surface area contributed by atoms with E-state index in [1.54, 1.807) is 0 Å². The smallest absolute Gasteiger partial charge is 0.327 e. The average Bonchev–Trinajstić information content (AvgIpc) is 2.65. The minimum Gasteiger partial charge on any atom is -0.481 e. The van der Waals surface area contributed by atoms with Gasteiger partial charge in [-0.25, -0.2) is 4.79 Å². The summed E-state index contributed by atoms with van der Waals surface area (Å²) in [7, 11) is 0. The molecule has 3 amide bonds. The Kier molecular flexibility index (Phi) is 13.1. The molecule has 0 aromatic carbocycles. The van der Waals surface area contributed by atoms with Gasteiger partial charge < -0.3 is 31.9 Å². The summed E-state index contributed by atoms with van der Waals surface area (Å²) in [5.41, 5.74) is 5.24. The normalized spacial score (nSPS) is 13.7. The molecule has 7 N–H and O–H groups in total. The molecule has 3 atom stereocenters. The number of nitrogens with one attached hydrogen (secondary N) is 3. The van der Waals surface area contributed by atoms with Gasteiger partial charge >= 0.3 is 11.9 Å². The molecule has 0 rings (SSSR count). The molecule has 0 saturated carbocycles. The number of hydrogen-bond acceptors (Lipinski definition) is 8. The number of hydrogen-bond donors (Lipinski definition) is 7. The van der Waals surface area contributed by atoms with Crippen molar-refractivity contribution in [1.82, 2.24) is 16.0 Å². The molecule has 0 heterocycles. The lowest BCUT2D eigenvalue weighted by Gasteiger charge is -2.23. The Bertz CT molecular complexity index is 577. The van der Waals surface area contributed by atoms with Crippen molar-refractivity contribution in [1.29, 1.82) is 0 Å². The van der Waals surface area contributed by atoms with Crippen molar-refractivity contribution in [3.05, 3.63) is 0 Å². The minimum atomic E-state index is -1.32. The van der Waals surface area contributed by atoms with Crippen LogP contribution in [0.25, 0.3) is 0 Å². The zero-order chi connectivity index (χ0) is 21.7. The summed E-state index contributed by atoms with van der Waals surface area (Å²) in [6, 6.07) is -3.56. The highest BCUT2D eigenvalue weighted by Gasteiger charge is 2.29. The van der Waals surface area contributed by atoms with Gasteiger partial charge in [0.15, 0.2) is 0 Å². The van der Waals surface area contributed by atoms with Crippen LogP contribution < -0.4 is 21.7 Å². The van der Waals surface area contributed by atoms with Gasteiger partial charge in [0.1, 0.15) is 18.1 Å². The Morgan fingerprint density at radius 3 is 1.93 bits per heavy atom. The van der Waals surface area contributed by atoms with Crippen LogP contribution in [-0.2, 0) is 24.0 Å². The third-order valence-electron chi connectivity index (χ3n) is 3.52. The van der Waals surface area contributed by atoms with Crippen LogP contribution >= 0.6 is 24.4 Å². The van der Waals surface area contributed by atoms with E-state index in [9.17, 15) is 24.0 Å². The van der Waals surface area contributed by atoms with E-state index in [1.165, 1.54) is 11.8 Å². The van der Waals surface area contributed by atoms with Crippen LogP contribution in [0.4, 0.5) is 0 Å². The zero-order valence-corrected chi connectivity index (χ0v) is 17.1. The first-order chi connectivity index (χ1) is 13.2. The predicted molar refractivity (Wildman–Crippen MR) is 106 cm³/mol. The Labute approximate surface area is 172 Å². The van der Waals surface area contributed by atoms with Crippen LogP contribution in [-0.4, -0.2) is 82.3 Å². The second kappa shape index (κ2) is 14.1. The van der Waals surface area contributed by atoms with Crippen molar-refractivity contribution in [2.24, 2.45) is 5.73 Å². The fourth-order valence-corrected chi connectivity index (χ4v) is 2.74. The molecule has 0 aliphatic carbocycles. The second-order valence-electron chi connectivity index (χ2n) is 5.68. The van der Waals surface area contributed by atoms with Crippen LogP contribution in [0.5, 0.6) is 0 Å². The van der Waals surface area contributed by atoms with E-state index in [2.05, 4.69) is 28.6 Å². The molecule has 0 bridgehead atoms. The van der Waals surface area contributed by atoms with E-state index in [0.29, 0.717) is 5.75 Å². The summed E-state index contributed by atoms with van der Waals surface area (Å²) in [6.45, 7) is -0.325. The maximum atomic E-state index is 12.5. The van der Waals surface area contributed by atoms with Crippen LogP contribution in [0.3, 0.4) is 0 Å². The number of amides is 3. The van der Waals surface area contributed by atoms with Crippen molar-refractivity contribution < 1.29 is 34.2 Å². The number of carbonyl (C=O) groups excluding carboxylic acids is 3. The van der Waals surface area contributed by atoms with Gasteiger partial charge in [0, 0.05) is 12.2 Å². The van der Waals surface area contributed by atoms with Crippen LogP contribution in [0.1, 0.15) is 19.3 Å². The van der Waals surface area contributed by atoms with Crippen LogP contribution in [0.2, 0.25) is 0 Å². The molecule has 0 aromatic rings. The van der Waals surface area contributed by atoms with E-state index < -0.39 is 54.2 Å².